The van der Waals surface area contributed by atoms with Crippen molar-refractivity contribution in [3.8, 4) is 11.5 Å². The Labute approximate surface area is 157 Å². The van der Waals surface area contributed by atoms with Gasteiger partial charge in [-0.25, -0.2) is 5.43 Å². The van der Waals surface area contributed by atoms with Crippen molar-refractivity contribution in [3.63, 3.8) is 0 Å². The molecule has 0 fully saturated rings. The number of rotatable bonds is 4. The monoisotopic (exact) mass is 360 g/mol. The van der Waals surface area contributed by atoms with Crippen molar-refractivity contribution in [2.75, 3.05) is 13.2 Å². The van der Waals surface area contributed by atoms with Gasteiger partial charge in [-0.3, -0.25) is 4.79 Å². The van der Waals surface area contributed by atoms with Crippen LogP contribution in [0.25, 0.3) is 10.8 Å². The predicted octanol–water partition coefficient (Wildman–Crippen LogP) is 3.69. The van der Waals surface area contributed by atoms with Crippen molar-refractivity contribution in [3.05, 3.63) is 71.8 Å². The number of benzene rings is 3. The second kappa shape index (κ2) is 7.50. The van der Waals surface area contributed by atoms with Crippen molar-refractivity contribution in [2.45, 2.75) is 13.3 Å². The number of fused-ring (bicyclic) bond motifs is 2. The van der Waals surface area contributed by atoms with Crippen LogP contribution >= 0.6 is 0 Å². The number of carbonyl (C=O) groups excluding carboxylic acids is 1. The van der Waals surface area contributed by atoms with Crippen LogP contribution in [0.2, 0.25) is 0 Å². The maximum absolute atomic E-state index is 12.4. The first kappa shape index (κ1) is 17.1. The first-order valence-electron chi connectivity index (χ1n) is 8.90. The number of hydrogen-bond donors (Lipinski definition) is 1. The summed E-state index contributed by atoms with van der Waals surface area (Å²) in [5, 5.41) is 6.45. The highest BCUT2D eigenvalue weighted by Gasteiger charge is 2.13. The molecule has 0 saturated heterocycles. The smallest absolute Gasteiger partial charge is 0.244 e. The molecule has 1 heterocycles. The standard InChI is InChI=1S/C22H20N2O3/c1-15(17-9-10-20-21(13-17)27-12-11-26-20)23-24-22(25)14-18-7-4-6-16-5-2-3-8-19(16)18/h2-10,13H,11-12,14H2,1H3,(H,24,25). The molecule has 0 aliphatic carbocycles. The highest BCUT2D eigenvalue weighted by atomic mass is 16.6. The van der Waals surface area contributed by atoms with Gasteiger partial charge in [0.25, 0.3) is 0 Å². The molecule has 0 saturated carbocycles. The first-order valence-corrected chi connectivity index (χ1v) is 8.90. The van der Waals surface area contributed by atoms with Gasteiger partial charge < -0.3 is 9.47 Å². The van der Waals surface area contributed by atoms with Crippen LogP contribution in [0.15, 0.2) is 65.8 Å². The fourth-order valence-corrected chi connectivity index (χ4v) is 3.14. The first-order chi connectivity index (χ1) is 13.2. The van der Waals surface area contributed by atoms with Gasteiger partial charge in [0.05, 0.1) is 12.1 Å². The summed E-state index contributed by atoms with van der Waals surface area (Å²) >= 11 is 0. The predicted molar refractivity (Wildman–Crippen MR) is 105 cm³/mol. The minimum atomic E-state index is -0.150. The van der Waals surface area contributed by atoms with Crippen LogP contribution < -0.4 is 14.9 Å². The zero-order chi connectivity index (χ0) is 18.6. The van der Waals surface area contributed by atoms with E-state index < -0.39 is 0 Å². The zero-order valence-corrected chi connectivity index (χ0v) is 15.1. The molecule has 5 heteroatoms. The van der Waals surface area contributed by atoms with Gasteiger partial charge in [-0.15, -0.1) is 0 Å². The van der Waals surface area contributed by atoms with Crippen LogP contribution in [0.3, 0.4) is 0 Å². The Balaban J connectivity index is 1.46. The van der Waals surface area contributed by atoms with Crippen LogP contribution in [-0.2, 0) is 11.2 Å². The SMILES string of the molecule is CC(=NNC(=O)Cc1cccc2ccccc12)c1ccc2c(c1)OCCO2. The molecule has 5 nitrogen and oxygen atoms in total. The fraction of sp³-hybridized carbons (Fsp3) is 0.182. The van der Waals surface area contributed by atoms with Gasteiger partial charge in [-0.1, -0.05) is 42.5 Å². The number of amides is 1. The molecule has 0 bridgehead atoms. The Morgan fingerprint density at radius 1 is 1.00 bits per heavy atom. The Kier molecular flexibility index (Phi) is 4.75. The quantitative estimate of drug-likeness (QED) is 0.570. The Morgan fingerprint density at radius 3 is 2.67 bits per heavy atom. The van der Waals surface area contributed by atoms with Gasteiger partial charge in [0.15, 0.2) is 11.5 Å². The summed E-state index contributed by atoms with van der Waals surface area (Å²) in [5.41, 5.74) is 5.22. The molecule has 4 rings (SSSR count). The highest BCUT2D eigenvalue weighted by Crippen LogP contribution is 2.30. The van der Waals surface area contributed by atoms with Crippen molar-refractivity contribution in [1.82, 2.24) is 5.43 Å². The summed E-state index contributed by atoms with van der Waals surface area (Å²) < 4.78 is 11.1. The van der Waals surface area contributed by atoms with E-state index in [1.54, 1.807) is 0 Å². The Hall–Kier alpha value is -3.34. The highest BCUT2D eigenvalue weighted by molar-refractivity contribution is 6.00. The number of ether oxygens (including phenoxy) is 2. The summed E-state index contributed by atoms with van der Waals surface area (Å²) in [5.74, 6) is 1.29. The third kappa shape index (κ3) is 3.77. The molecule has 136 valence electrons. The molecule has 1 aliphatic heterocycles. The van der Waals surface area contributed by atoms with Crippen LogP contribution in [0.1, 0.15) is 18.1 Å². The third-order valence-corrected chi connectivity index (χ3v) is 4.54. The lowest BCUT2D eigenvalue weighted by Crippen LogP contribution is -2.21. The van der Waals surface area contributed by atoms with Crippen LogP contribution in [0.5, 0.6) is 11.5 Å². The molecule has 0 radical (unpaired) electrons. The second-order valence-corrected chi connectivity index (χ2v) is 6.41. The van der Waals surface area contributed by atoms with Crippen molar-refractivity contribution in [2.24, 2.45) is 5.10 Å². The Bertz CT molecular complexity index is 1020. The molecule has 0 spiro atoms. The number of nitrogens with one attached hydrogen (secondary N) is 1. The molecular formula is C22H20N2O3. The lowest BCUT2D eigenvalue weighted by atomic mass is 10.0. The molecule has 0 atom stereocenters. The van der Waals surface area contributed by atoms with Gasteiger partial charge in [0.1, 0.15) is 13.2 Å². The van der Waals surface area contributed by atoms with Crippen molar-refractivity contribution in [1.29, 1.82) is 0 Å². The van der Waals surface area contributed by atoms with Crippen molar-refractivity contribution < 1.29 is 14.3 Å². The molecule has 3 aromatic rings. The van der Waals surface area contributed by atoms with E-state index >= 15 is 0 Å². The lowest BCUT2D eigenvalue weighted by molar-refractivity contribution is -0.120. The molecule has 3 aromatic carbocycles. The van der Waals surface area contributed by atoms with Crippen molar-refractivity contribution >= 4 is 22.4 Å². The van der Waals surface area contributed by atoms with Gasteiger partial charge in [0.2, 0.25) is 5.91 Å². The summed E-state index contributed by atoms with van der Waals surface area (Å²) in [6.07, 6.45) is 0.277. The average Bonchev–Trinajstić information content (AvgIpc) is 2.72. The van der Waals surface area contributed by atoms with Gasteiger partial charge in [-0.2, -0.15) is 5.10 Å². The fourth-order valence-electron chi connectivity index (χ4n) is 3.14. The van der Waals surface area contributed by atoms with Gasteiger partial charge in [0, 0.05) is 5.56 Å². The van der Waals surface area contributed by atoms with Crippen LogP contribution in [0.4, 0.5) is 0 Å². The number of hydrogen-bond acceptors (Lipinski definition) is 4. The molecule has 0 unspecified atom stereocenters. The number of hydrazone groups is 1. The van der Waals surface area contributed by atoms with Gasteiger partial charge in [-0.05, 0) is 41.5 Å². The molecule has 1 amide bonds. The maximum atomic E-state index is 12.4. The second-order valence-electron chi connectivity index (χ2n) is 6.41. The number of carbonyl (C=O) groups is 1. The van der Waals surface area contributed by atoms with E-state index in [4.69, 9.17) is 9.47 Å². The van der Waals surface area contributed by atoms with E-state index in [0.717, 1.165) is 27.6 Å². The zero-order valence-electron chi connectivity index (χ0n) is 15.1. The summed E-state index contributed by atoms with van der Waals surface area (Å²) in [4.78, 5) is 12.4. The van der Waals surface area contributed by atoms with Crippen LogP contribution in [0, 0.1) is 0 Å². The topological polar surface area (TPSA) is 59.9 Å². The summed E-state index contributed by atoms with van der Waals surface area (Å²) in [6.45, 7) is 2.95. The maximum Gasteiger partial charge on any atom is 0.244 e. The molecule has 0 aromatic heterocycles. The molecule has 1 N–H and O–H groups in total. The molecule has 1 aliphatic rings. The van der Waals surface area contributed by atoms with E-state index in [9.17, 15) is 4.79 Å². The Morgan fingerprint density at radius 2 is 1.78 bits per heavy atom. The van der Waals surface area contributed by atoms with E-state index in [2.05, 4.69) is 10.5 Å². The largest absolute Gasteiger partial charge is 0.486 e. The molecular weight excluding hydrogens is 340 g/mol. The van der Waals surface area contributed by atoms with E-state index in [1.807, 2.05) is 67.6 Å². The summed E-state index contributed by atoms with van der Waals surface area (Å²) in [6, 6.07) is 19.7. The average molecular weight is 360 g/mol. The molecule has 27 heavy (non-hydrogen) atoms. The normalized spacial score (nSPS) is 13.4. The lowest BCUT2D eigenvalue weighted by Gasteiger charge is -2.18. The van der Waals surface area contributed by atoms with E-state index in [0.29, 0.717) is 24.7 Å². The minimum absolute atomic E-state index is 0.150. The number of nitrogens with zero attached hydrogens (tertiary/aromatic N) is 1. The third-order valence-electron chi connectivity index (χ3n) is 4.54. The van der Waals surface area contributed by atoms with E-state index in [1.165, 1.54) is 0 Å². The summed E-state index contributed by atoms with van der Waals surface area (Å²) in [7, 11) is 0. The van der Waals surface area contributed by atoms with Crippen LogP contribution in [-0.4, -0.2) is 24.8 Å². The van der Waals surface area contributed by atoms with Gasteiger partial charge >= 0.3 is 0 Å². The van der Waals surface area contributed by atoms with E-state index in [-0.39, 0.29) is 12.3 Å². The minimum Gasteiger partial charge on any atom is -0.486 e.